The molecule has 1 aliphatic rings. The second-order valence-electron chi connectivity index (χ2n) is 3.69. The van der Waals surface area contributed by atoms with E-state index >= 15 is 0 Å². The molecule has 0 saturated heterocycles. The van der Waals surface area contributed by atoms with Crippen LogP contribution in [0, 0.1) is 6.92 Å². The topological polar surface area (TPSA) is 66.4 Å². The molecule has 5 heteroatoms. The molecule has 1 atom stereocenters. The van der Waals surface area contributed by atoms with E-state index < -0.39 is 11.2 Å². The predicted octanol–water partition coefficient (Wildman–Crippen LogP) is 1.88. The minimum atomic E-state index is -0.955. The molecule has 0 radical (unpaired) electrons. The van der Waals surface area contributed by atoms with Gasteiger partial charge >= 0.3 is 5.97 Å². The van der Waals surface area contributed by atoms with E-state index in [1.807, 2.05) is 25.1 Å². The molecule has 0 fully saturated rings. The van der Waals surface area contributed by atoms with Crippen LogP contribution in [0.5, 0.6) is 0 Å². The van der Waals surface area contributed by atoms with E-state index in [0.717, 1.165) is 16.1 Å². The number of nitrogens with one attached hydrogen (secondary N) is 1. The number of aliphatic carboxylic acids is 1. The number of carbonyl (C=O) groups excluding carboxylic acids is 1. The number of anilines is 1. The van der Waals surface area contributed by atoms with Gasteiger partial charge in [-0.05, 0) is 24.6 Å². The molecule has 0 spiro atoms. The van der Waals surface area contributed by atoms with Crippen molar-refractivity contribution in [1.82, 2.24) is 0 Å². The molecule has 16 heavy (non-hydrogen) atoms. The molecular formula is C11H11NO3S. The Morgan fingerprint density at radius 3 is 3.00 bits per heavy atom. The van der Waals surface area contributed by atoms with E-state index in [2.05, 4.69) is 5.32 Å². The van der Waals surface area contributed by atoms with Gasteiger partial charge in [0.1, 0.15) is 0 Å². The molecule has 1 heterocycles. The van der Waals surface area contributed by atoms with Crippen molar-refractivity contribution in [1.29, 1.82) is 0 Å². The van der Waals surface area contributed by atoms with Gasteiger partial charge in [0, 0.05) is 4.90 Å². The van der Waals surface area contributed by atoms with Gasteiger partial charge in [0.15, 0.2) is 0 Å². The van der Waals surface area contributed by atoms with Gasteiger partial charge in [0.25, 0.3) is 0 Å². The summed E-state index contributed by atoms with van der Waals surface area (Å²) in [4.78, 5) is 23.1. The number of thioether (sulfide) groups is 1. The van der Waals surface area contributed by atoms with Crippen molar-refractivity contribution in [2.24, 2.45) is 0 Å². The van der Waals surface area contributed by atoms with Crippen LogP contribution in [0.3, 0.4) is 0 Å². The molecule has 0 saturated carbocycles. The minimum absolute atomic E-state index is 0.149. The number of hydrogen-bond donors (Lipinski definition) is 2. The Balaban J connectivity index is 2.26. The first-order valence-corrected chi connectivity index (χ1v) is 5.74. The zero-order chi connectivity index (χ0) is 11.7. The molecule has 2 N–H and O–H groups in total. The number of carboxylic acid groups (broad SMARTS) is 1. The minimum Gasteiger partial charge on any atom is -0.481 e. The normalized spacial score (nSPS) is 18.8. The number of aryl methyl sites for hydroxylation is 1. The summed E-state index contributed by atoms with van der Waals surface area (Å²) in [6.45, 7) is 1.96. The number of carboxylic acids is 1. The Kier molecular flexibility index (Phi) is 2.87. The van der Waals surface area contributed by atoms with Gasteiger partial charge in [0.2, 0.25) is 5.91 Å². The Morgan fingerprint density at radius 2 is 2.31 bits per heavy atom. The number of amides is 1. The van der Waals surface area contributed by atoms with Crippen LogP contribution in [0.4, 0.5) is 5.69 Å². The summed E-state index contributed by atoms with van der Waals surface area (Å²) in [7, 11) is 0. The highest BCUT2D eigenvalue weighted by atomic mass is 32.2. The maximum Gasteiger partial charge on any atom is 0.305 e. The molecule has 1 aromatic rings. The number of carbonyl (C=O) groups is 2. The average Bonchev–Trinajstić information content (AvgIpc) is 2.19. The number of benzene rings is 1. The highest BCUT2D eigenvalue weighted by Gasteiger charge is 2.28. The highest BCUT2D eigenvalue weighted by molar-refractivity contribution is 8.01. The van der Waals surface area contributed by atoms with Crippen molar-refractivity contribution in [2.75, 3.05) is 5.32 Å². The lowest BCUT2D eigenvalue weighted by Crippen LogP contribution is -2.30. The second-order valence-corrected chi connectivity index (χ2v) is 4.94. The van der Waals surface area contributed by atoms with Crippen molar-refractivity contribution in [3.63, 3.8) is 0 Å². The van der Waals surface area contributed by atoms with Crippen molar-refractivity contribution < 1.29 is 14.7 Å². The summed E-state index contributed by atoms with van der Waals surface area (Å²) in [5.74, 6) is -1.19. The summed E-state index contributed by atoms with van der Waals surface area (Å²) >= 11 is 1.31. The van der Waals surface area contributed by atoms with Gasteiger partial charge in [-0.15, -0.1) is 11.8 Å². The first-order valence-electron chi connectivity index (χ1n) is 4.86. The molecule has 2 rings (SSSR count). The monoisotopic (exact) mass is 237 g/mol. The summed E-state index contributed by atoms with van der Waals surface area (Å²) in [5.41, 5.74) is 1.86. The van der Waals surface area contributed by atoms with Crippen LogP contribution in [0.15, 0.2) is 23.1 Å². The fourth-order valence-corrected chi connectivity index (χ4v) is 2.74. The number of rotatable bonds is 2. The lowest BCUT2D eigenvalue weighted by molar-refractivity contribution is -0.138. The Labute approximate surface area is 97.0 Å². The fraction of sp³-hybridized carbons (Fsp3) is 0.273. The van der Waals surface area contributed by atoms with Crippen LogP contribution in [0.25, 0.3) is 0 Å². The zero-order valence-electron chi connectivity index (χ0n) is 8.69. The van der Waals surface area contributed by atoms with E-state index in [1.54, 1.807) is 0 Å². The third-order valence-electron chi connectivity index (χ3n) is 2.32. The Bertz CT molecular complexity index is 459. The fourth-order valence-electron chi connectivity index (χ4n) is 1.54. The molecule has 84 valence electrons. The predicted molar refractivity (Wildman–Crippen MR) is 61.7 cm³/mol. The van der Waals surface area contributed by atoms with Crippen molar-refractivity contribution in [2.45, 2.75) is 23.5 Å². The van der Waals surface area contributed by atoms with Crippen LogP contribution in [-0.4, -0.2) is 22.2 Å². The number of hydrogen-bond acceptors (Lipinski definition) is 3. The van der Waals surface area contributed by atoms with E-state index in [0.29, 0.717) is 0 Å². The Hall–Kier alpha value is -1.49. The van der Waals surface area contributed by atoms with Gasteiger partial charge in [-0.25, -0.2) is 0 Å². The molecule has 1 aromatic carbocycles. The van der Waals surface area contributed by atoms with Crippen molar-refractivity contribution in [3.05, 3.63) is 23.8 Å². The van der Waals surface area contributed by atoms with E-state index in [1.165, 1.54) is 11.8 Å². The molecule has 0 aromatic heterocycles. The van der Waals surface area contributed by atoms with Crippen LogP contribution >= 0.6 is 11.8 Å². The zero-order valence-corrected chi connectivity index (χ0v) is 9.50. The van der Waals surface area contributed by atoms with Gasteiger partial charge in [0.05, 0.1) is 17.4 Å². The largest absolute Gasteiger partial charge is 0.481 e. The first kappa shape index (κ1) is 11.0. The molecular weight excluding hydrogens is 226 g/mol. The molecule has 4 nitrogen and oxygen atoms in total. The summed E-state index contributed by atoms with van der Waals surface area (Å²) in [5, 5.41) is 10.9. The van der Waals surface area contributed by atoms with Crippen molar-refractivity contribution >= 4 is 29.3 Å². The van der Waals surface area contributed by atoms with Crippen LogP contribution < -0.4 is 5.32 Å². The summed E-state index contributed by atoms with van der Waals surface area (Å²) in [6, 6.07) is 5.71. The van der Waals surface area contributed by atoms with Gasteiger partial charge in [-0.2, -0.15) is 0 Å². The quantitative estimate of drug-likeness (QED) is 0.824. The summed E-state index contributed by atoms with van der Waals surface area (Å²) < 4.78 is 0. The lowest BCUT2D eigenvalue weighted by atomic mass is 10.2. The maximum absolute atomic E-state index is 11.6. The molecule has 1 unspecified atom stereocenters. The average molecular weight is 237 g/mol. The van der Waals surface area contributed by atoms with Gasteiger partial charge in [-0.1, -0.05) is 6.07 Å². The van der Waals surface area contributed by atoms with E-state index in [-0.39, 0.29) is 12.3 Å². The van der Waals surface area contributed by atoms with E-state index in [9.17, 15) is 9.59 Å². The van der Waals surface area contributed by atoms with Gasteiger partial charge in [-0.3, -0.25) is 9.59 Å². The number of fused-ring (bicyclic) bond motifs is 1. The van der Waals surface area contributed by atoms with Crippen molar-refractivity contribution in [3.8, 4) is 0 Å². The lowest BCUT2D eigenvalue weighted by Gasteiger charge is -2.23. The SMILES string of the molecule is Cc1ccc2c(c1)SC(CC(=O)O)C(=O)N2. The first-order chi connectivity index (χ1) is 7.56. The van der Waals surface area contributed by atoms with Crippen LogP contribution in [0.2, 0.25) is 0 Å². The van der Waals surface area contributed by atoms with E-state index in [4.69, 9.17) is 5.11 Å². The smallest absolute Gasteiger partial charge is 0.305 e. The molecule has 1 amide bonds. The third kappa shape index (κ3) is 2.19. The molecule has 1 aliphatic heterocycles. The molecule has 0 aliphatic carbocycles. The van der Waals surface area contributed by atoms with Crippen LogP contribution in [-0.2, 0) is 9.59 Å². The second kappa shape index (κ2) is 4.17. The van der Waals surface area contributed by atoms with Gasteiger partial charge < -0.3 is 10.4 Å². The highest BCUT2D eigenvalue weighted by Crippen LogP contribution is 2.37. The summed E-state index contributed by atoms with van der Waals surface area (Å²) in [6.07, 6.45) is -0.149. The molecule has 0 bridgehead atoms. The third-order valence-corrected chi connectivity index (χ3v) is 3.57. The Morgan fingerprint density at radius 1 is 1.56 bits per heavy atom. The maximum atomic E-state index is 11.6. The standard InChI is InChI=1S/C11H11NO3S/c1-6-2-3-7-8(4-6)16-9(5-10(13)14)11(15)12-7/h2-4,9H,5H2,1H3,(H,12,15)(H,13,14). The van der Waals surface area contributed by atoms with Crippen LogP contribution in [0.1, 0.15) is 12.0 Å².